The molecule has 0 unspecified atom stereocenters. The molecule has 3 heteroatoms. The van der Waals surface area contributed by atoms with Crippen molar-refractivity contribution >= 4 is 11.8 Å². The van der Waals surface area contributed by atoms with Gasteiger partial charge in [-0.2, -0.15) is 0 Å². The van der Waals surface area contributed by atoms with Crippen LogP contribution in [0.25, 0.3) is 0 Å². The maximum Gasteiger partial charge on any atom is 0.120 e. The molecule has 0 N–H and O–H groups in total. The second kappa shape index (κ2) is 7.81. The summed E-state index contributed by atoms with van der Waals surface area (Å²) in [7, 11) is 0. The Kier molecular flexibility index (Phi) is 6.05. The van der Waals surface area contributed by atoms with Crippen LogP contribution in [0.5, 0.6) is 5.75 Å². The van der Waals surface area contributed by atoms with Crippen LogP contribution in [0, 0.1) is 0 Å². The van der Waals surface area contributed by atoms with Crippen LogP contribution in [-0.2, 0) is 0 Å². The van der Waals surface area contributed by atoms with Gasteiger partial charge in [0.05, 0.1) is 0 Å². The Labute approximate surface area is 121 Å². The molecule has 0 saturated carbocycles. The van der Waals surface area contributed by atoms with Crippen LogP contribution in [0.1, 0.15) is 33.1 Å². The van der Waals surface area contributed by atoms with Gasteiger partial charge in [0.15, 0.2) is 0 Å². The number of thioether (sulfide) groups is 1. The third-order valence-electron chi connectivity index (χ3n) is 3.30. The lowest BCUT2D eigenvalue weighted by molar-refractivity contribution is 0.183. The van der Waals surface area contributed by atoms with Crippen LogP contribution in [0.2, 0.25) is 0 Å². The molecule has 1 aromatic rings. The van der Waals surface area contributed by atoms with E-state index >= 15 is 0 Å². The molecule has 1 fully saturated rings. The zero-order valence-corrected chi connectivity index (χ0v) is 12.9. The van der Waals surface area contributed by atoms with Crippen LogP contribution in [0.15, 0.2) is 29.2 Å². The molecule has 2 rings (SSSR count). The SMILES string of the molecule is CC(C)Sc1cccc(OCCN2CCCCC2)c1. The average Bonchev–Trinajstić information content (AvgIpc) is 2.40. The number of piperidine rings is 1. The fourth-order valence-corrected chi connectivity index (χ4v) is 3.27. The Balaban J connectivity index is 1.75. The quantitative estimate of drug-likeness (QED) is 0.729. The molecule has 1 saturated heterocycles. The molecular weight excluding hydrogens is 254 g/mol. The highest BCUT2D eigenvalue weighted by atomic mass is 32.2. The standard InChI is InChI=1S/C16H25NOS/c1-14(2)19-16-8-6-7-15(13-16)18-12-11-17-9-4-3-5-10-17/h6-8,13-14H,3-5,9-12H2,1-2H3. The van der Waals surface area contributed by atoms with E-state index in [1.807, 2.05) is 11.8 Å². The predicted octanol–water partition coefficient (Wildman–Crippen LogP) is 4.05. The van der Waals surface area contributed by atoms with E-state index in [0.717, 1.165) is 18.9 Å². The molecule has 19 heavy (non-hydrogen) atoms. The van der Waals surface area contributed by atoms with Gasteiger partial charge in [-0.15, -0.1) is 11.8 Å². The lowest BCUT2D eigenvalue weighted by Crippen LogP contribution is -2.33. The van der Waals surface area contributed by atoms with E-state index in [0.29, 0.717) is 5.25 Å². The van der Waals surface area contributed by atoms with E-state index in [-0.39, 0.29) is 0 Å². The van der Waals surface area contributed by atoms with E-state index in [1.54, 1.807) is 0 Å². The van der Waals surface area contributed by atoms with Gasteiger partial charge in [-0.1, -0.05) is 26.3 Å². The summed E-state index contributed by atoms with van der Waals surface area (Å²) in [6.45, 7) is 8.78. The van der Waals surface area contributed by atoms with Gasteiger partial charge < -0.3 is 4.74 Å². The minimum Gasteiger partial charge on any atom is -0.492 e. The molecule has 106 valence electrons. The minimum absolute atomic E-state index is 0.614. The van der Waals surface area contributed by atoms with Gasteiger partial charge >= 0.3 is 0 Å². The lowest BCUT2D eigenvalue weighted by atomic mass is 10.1. The molecule has 0 atom stereocenters. The Morgan fingerprint density at radius 2 is 2.00 bits per heavy atom. The number of nitrogens with zero attached hydrogens (tertiary/aromatic N) is 1. The van der Waals surface area contributed by atoms with Crippen molar-refractivity contribution in [2.24, 2.45) is 0 Å². The zero-order chi connectivity index (χ0) is 13.5. The van der Waals surface area contributed by atoms with Gasteiger partial charge in [-0.05, 0) is 44.1 Å². The molecule has 0 amide bonds. The van der Waals surface area contributed by atoms with Crippen molar-refractivity contribution in [3.05, 3.63) is 24.3 Å². The van der Waals surface area contributed by atoms with Crippen molar-refractivity contribution < 1.29 is 4.74 Å². The van der Waals surface area contributed by atoms with E-state index in [2.05, 4.69) is 43.0 Å². The summed E-state index contributed by atoms with van der Waals surface area (Å²) in [6, 6.07) is 8.45. The maximum atomic E-state index is 5.88. The van der Waals surface area contributed by atoms with Gasteiger partial charge in [0.25, 0.3) is 0 Å². The Morgan fingerprint density at radius 3 is 2.74 bits per heavy atom. The van der Waals surface area contributed by atoms with Crippen molar-refractivity contribution in [2.75, 3.05) is 26.2 Å². The van der Waals surface area contributed by atoms with Crippen molar-refractivity contribution in [3.8, 4) is 5.75 Å². The molecule has 1 aromatic carbocycles. The van der Waals surface area contributed by atoms with Crippen LogP contribution < -0.4 is 4.74 Å². The number of benzene rings is 1. The highest BCUT2D eigenvalue weighted by Crippen LogP contribution is 2.26. The average molecular weight is 279 g/mol. The van der Waals surface area contributed by atoms with Gasteiger partial charge in [0.2, 0.25) is 0 Å². The normalized spacial score (nSPS) is 16.8. The molecule has 0 spiro atoms. The van der Waals surface area contributed by atoms with E-state index in [4.69, 9.17) is 4.74 Å². The Bertz CT molecular complexity index is 375. The summed E-state index contributed by atoms with van der Waals surface area (Å²) in [5.41, 5.74) is 0. The molecule has 0 aliphatic carbocycles. The van der Waals surface area contributed by atoms with Crippen LogP contribution in [0.3, 0.4) is 0 Å². The third kappa shape index (κ3) is 5.45. The van der Waals surface area contributed by atoms with E-state index in [9.17, 15) is 0 Å². The molecule has 0 aromatic heterocycles. The summed E-state index contributed by atoms with van der Waals surface area (Å²) < 4.78 is 5.88. The second-order valence-electron chi connectivity index (χ2n) is 5.39. The molecule has 0 bridgehead atoms. The zero-order valence-electron chi connectivity index (χ0n) is 12.1. The first-order valence-electron chi connectivity index (χ1n) is 7.36. The highest BCUT2D eigenvalue weighted by Gasteiger charge is 2.09. The Morgan fingerprint density at radius 1 is 1.21 bits per heavy atom. The smallest absolute Gasteiger partial charge is 0.120 e. The first kappa shape index (κ1) is 14.7. The van der Waals surface area contributed by atoms with Crippen LogP contribution >= 0.6 is 11.8 Å². The highest BCUT2D eigenvalue weighted by molar-refractivity contribution is 7.99. The van der Waals surface area contributed by atoms with Gasteiger partial charge in [-0.3, -0.25) is 4.90 Å². The number of rotatable bonds is 6. The Hall–Kier alpha value is -0.670. The summed E-state index contributed by atoms with van der Waals surface area (Å²) >= 11 is 1.88. The first-order valence-corrected chi connectivity index (χ1v) is 8.24. The monoisotopic (exact) mass is 279 g/mol. The molecule has 1 aliphatic rings. The van der Waals surface area contributed by atoms with Crippen molar-refractivity contribution in [1.29, 1.82) is 0 Å². The fraction of sp³-hybridized carbons (Fsp3) is 0.625. The largest absolute Gasteiger partial charge is 0.492 e. The van der Waals surface area contributed by atoms with Gasteiger partial charge in [0.1, 0.15) is 12.4 Å². The summed E-state index contributed by atoms with van der Waals surface area (Å²) in [4.78, 5) is 3.81. The van der Waals surface area contributed by atoms with Crippen molar-refractivity contribution in [2.45, 2.75) is 43.3 Å². The molecule has 0 radical (unpaired) electrons. The molecule has 1 heterocycles. The second-order valence-corrected chi connectivity index (χ2v) is 7.04. The third-order valence-corrected chi connectivity index (χ3v) is 4.30. The summed E-state index contributed by atoms with van der Waals surface area (Å²) in [5, 5.41) is 0.614. The van der Waals surface area contributed by atoms with E-state index < -0.39 is 0 Å². The summed E-state index contributed by atoms with van der Waals surface area (Å²) in [6.07, 6.45) is 4.09. The lowest BCUT2D eigenvalue weighted by Gasteiger charge is -2.26. The van der Waals surface area contributed by atoms with E-state index in [1.165, 1.54) is 37.2 Å². The molecule has 1 aliphatic heterocycles. The number of hydrogen-bond acceptors (Lipinski definition) is 3. The van der Waals surface area contributed by atoms with Crippen molar-refractivity contribution in [3.63, 3.8) is 0 Å². The number of likely N-dealkylation sites (tertiary alicyclic amines) is 1. The van der Waals surface area contributed by atoms with Gasteiger partial charge in [-0.25, -0.2) is 0 Å². The van der Waals surface area contributed by atoms with Gasteiger partial charge in [0, 0.05) is 16.7 Å². The number of hydrogen-bond donors (Lipinski definition) is 0. The van der Waals surface area contributed by atoms with Crippen LogP contribution in [0.4, 0.5) is 0 Å². The minimum atomic E-state index is 0.614. The molecule has 2 nitrogen and oxygen atoms in total. The topological polar surface area (TPSA) is 12.5 Å². The molecular formula is C16H25NOS. The summed E-state index contributed by atoms with van der Waals surface area (Å²) in [5.74, 6) is 1.00. The predicted molar refractivity (Wildman–Crippen MR) is 83.2 cm³/mol. The number of ether oxygens (including phenoxy) is 1. The fourth-order valence-electron chi connectivity index (χ4n) is 2.39. The maximum absolute atomic E-state index is 5.88. The van der Waals surface area contributed by atoms with Crippen LogP contribution in [-0.4, -0.2) is 36.4 Å². The first-order chi connectivity index (χ1) is 9.24. The van der Waals surface area contributed by atoms with Crippen molar-refractivity contribution in [1.82, 2.24) is 4.90 Å².